The van der Waals surface area contributed by atoms with Gasteiger partial charge < -0.3 is 10.4 Å². The summed E-state index contributed by atoms with van der Waals surface area (Å²) in [6.45, 7) is 5.13. The van der Waals surface area contributed by atoms with E-state index in [1.807, 2.05) is 13.8 Å². The van der Waals surface area contributed by atoms with Crippen molar-refractivity contribution in [3.8, 4) is 5.75 Å². The largest absolute Gasteiger partial charge is 0.506 e. The predicted molar refractivity (Wildman–Crippen MR) is 64.5 cm³/mol. The molecule has 3 N–H and O–H groups in total. The highest BCUT2D eigenvalue weighted by molar-refractivity contribution is 5.27. The quantitative estimate of drug-likeness (QED) is 0.745. The second-order valence-corrected chi connectivity index (χ2v) is 4.04. The van der Waals surface area contributed by atoms with Crippen molar-refractivity contribution in [1.82, 2.24) is 20.5 Å². The van der Waals surface area contributed by atoms with E-state index in [1.54, 1.807) is 18.3 Å². The number of aromatic amines is 1. The molecule has 0 saturated carbocycles. The molecule has 90 valence electrons. The van der Waals surface area contributed by atoms with Gasteiger partial charge in [-0.05, 0) is 26.0 Å². The van der Waals surface area contributed by atoms with Crippen LogP contribution in [0.1, 0.15) is 22.6 Å². The Morgan fingerprint density at radius 2 is 2.12 bits per heavy atom. The minimum Gasteiger partial charge on any atom is -0.506 e. The maximum Gasteiger partial charge on any atom is 0.138 e. The summed E-state index contributed by atoms with van der Waals surface area (Å²) in [5.41, 5.74) is 3.75. The van der Waals surface area contributed by atoms with Crippen LogP contribution < -0.4 is 5.32 Å². The van der Waals surface area contributed by atoms with E-state index in [2.05, 4.69) is 20.5 Å². The molecular formula is C12H16N4O. The summed E-state index contributed by atoms with van der Waals surface area (Å²) in [6, 6.07) is 3.46. The topological polar surface area (TPSA) is 73.8 Å². The molecule has 0 aliphatic carbocycles. The molecule has 0 spiro atoms. The number of nitrogens with one attached hydrogen (secondary N) is 2. The van der Waals surface area contributed by atoms with Crippen LogP contribution >= 0.6 is 0 Å². The van der Waals surface area contributed by atoms with E-state index in [0.29, 0.717) is 18.8 Å². The maximum absolute atomic E-state index is 9.63. The molecule has 0 aromatic carbocycles. The van der Waals surface area contributed by atoms with Crippen molar-refractivity contribution in [3.05, 3.63) is 41.0 Å². The van der Waals surface area contributed by atoms with Crippen molar-refractivity contribution < 1.29 is 5.11 Å². The van der Waals surface area contributed by atoms with Crippen LogP contribution in [0.5, 0.6) is 5.75 Å². The molecular weight excluding hydrogens is 216 g/mol. The van der Waals surface area contributed by atoms with Gasteiger partial charge >= 0.3 is 0 Å². The molecule has 2 aromatic rings. The highest BCUT2D eigenvalue weighted by atomic mass is 16.3. The average molecular weight is 232 g/mol. The zero-order chi connectivity index (χ0) is 12.3. The fraction of sp³-hybridized carbons (Fsp3) is 0.333. The average Bonchev–Trinajstić information content (AvgIpc) is 2.70. The summed E-state index contributed by atoms with van der Waals surface area (Å²) >= 11 is 0. The highest BCUT2D eigenvalue weighted by Gasteiger charge is 2.04. The van der Waals surface area contributed by atoms with Crippen LogP contribution in [0.3, 0.4) is 0 Å². The Morgan fingerprint density at radius 1 is 1.29 bits per heavy atom. The van der Waals surface area contributed by atoms with E-state index >= 15 is 0 Å². The molecule has 2 aromatic heterocycles. The van der Waals surface area contributed by atoms with Crippen LogP contribution in [0.2, 0.25) is 0 Å². The van der Waals surface area contributed by atoms with Gasteiger partial charge in [0.05, 0.1) is 11.9 Å². The second-order valence-electron chi connectivity index (χ2n) is 4.04. The molecule has 0 bridgehead atoms. The van der Waals surface area contributed by atoms with Crippen molar-refractivity contribution in [2.24, 2.45) is 0 Å². The lowest BCUT2D eigenvalue weighted by molar-refractivity contribution is 0.459. The zero-order valence-corrected chi connectivity index (χ0v) is 9.99. The first-order chi connectivity index (χ1) is 8.16. The van der Waals surface area contributed by atoms with Crippen molar-refractivity contribution in [2.75, 3.05) is 0 Å². The predicted octanol–water partition coefficient (Wildman–Crippen LogP) is 1.42. The first kappa shape index (κ1) is 11.6. The smallest absolute Gasteiger partial charge is 0.138 e. The molecule has 5 heteroatoms. The summed E-state index contributed by atoms with van der Waals surface area (Å²) < 4.78 is 0. The molecule has 0 atom stereocenters. The number of aryl methyl sites for hydroxylation is 2. The molecule has 0 saturated heterocycles. The summed E-state index contributed by atoms with van der Waals surface area (Å²) in [7, 11) is 0. The number of hydrogen-bond donors (Lipinski definition) is 3. The Hall–Kier alpha value is -1.88. The van der Waals surface area contributed by atoms with E-state index in [-0.39, 0.29) is 5.75 Å². The summed E-state index contributed by atoms with van der Waals surface area (Å²) in [6.07, 6.45) is 1.80. The van der Waals surface area contributed by atoms with E-state index < -0.39 is 0 Å². The molecule has 0 aliphatic rings. The van der Waals surface area contributed by atoms with Crippen LogP contribution in [0.25, 0.3) is 0 Å². The number of aromatic nitrogens is 3. The normalized spacial score (nSPS) is 10.7. The zero-order valence-electron chi connectivity index (χ0n) is 9.99. The van der Waals surface area contributed by atoms with Gasteiger partial charge in [-0.15, -0.1) is 0 Å². The van der Waals surface area contributed by atoms with Gasteiger partial charge in [0, 0.05) is 30.0 Å². The fourth-order valence-electron chi connectivity index (χ4n) is 1.60. The lowest BCUT2D eigenvalue weighted by atomic mass is 10.2. The third-order valence-electron chi connectivity index (χ3n) is 2.63. The number of hydrogen-bond acceptors (Lipinski definition) is 4. The van der Waals surface area contributed by atoms with Gasteiger partial charge in [0.2, 0.25) is 0 Å². The molecule has 17 heavy (non-hydrogen) atoms. The summed E-state index contributed by atoms with van der Waals surface area (Å²) in [5.74, 6) is 0.229. The van der Waals surface area contributed by atoms with Crippen molar-refractivity contribution in [2.45, 2.75) is 26.9 Å². The highest BCUT2D eigenvalue weighted by Crippen LogP contribution is 2.14. The van der Waals surface area contributed by atoms with Gasteiger partial charge in [0.15, 0.2) is 0 Å². The van der Waals surface area contributed by atoms with E-state index in [9.17, 15) is 5.11 Å². The van der Waals surface area contributed by atoms with Gasteiger partial charge in [-0.2, -0.15) is 5.10 Å². The Balaban J connectivity index is 1.94. The molecule has 0 aliphatic heterocycles. The standard InChI is InChI=1S/C12H16N4O/c1-8-3-4-12(17)11(15-8)7-13-5-10-6-14-16-9(10)2/h3-4,6,13,17H,5,7H2,1-2H3,(H,14,16). The van der Waals surface area contributed by atoms with Gasteiger partial charge in [-0.3, -0.25) is 10.1 Å². The molecule has 0 unspecified atom stereocenters. The van der Waals surface area contributed by atoms with E-state index in [1.165, 1.54) is 0 Å². The van der Waals surface area contributed by atoms with Gasteiger partial charge in [-0.25, -0.2) is 0 Å². The van der Waals surface area contributed by atoms with Crippen LogP contribution in [0, 0.1) is 13.8 Å². The molecule has 2 rings (SSSR count). The van der Waals surface area contributed by atoms with Gasteiger partial charge in [0.25, 0.3) is 0 Å². The minimum absolute atomic E-state index is 0.229. The molecule has 0 fully saturated rings. The van der Waals surface area contributed by atoms with E-state index in [0.717, 1.165) is 17.0 Å². The van der Waals surface area contributed by atoms with Crippen LogP contribution in [-0.2, 0) is 13.1 Å². The van der Waals surface area contributed by atoms with Gasteiger partial charge in [0.1, 0.15) is 5.75 Å². The lowest BCUT2D eigenvalue weighted by Crippen LogP contribution is -2.14. The second kappa shape index (κ2) is 4.97. The number of nitrogens with zero attached hydrogens (tertiary/aromatic N) is 2. The lowest BCUT2D eigenvalue weighted by Gasteiger charge is -2.06. The van der Waals surface area contributed by atoms with Gasteiger partial charge in [-0.1, -0.05) is 0 Å². The number of pyridine rings is 1. The van der Waals surface area contributed by atoms with Crippen LogP contribution in [0.15, 0.2) is 18.3 Å². The molecule has 0 amide bonds. The number of H-pyrrole nitrogens is 1. The number of aromatic hydroxyl groups is 1. The maximum atomic E-state index is 9.63. The first-order valence-corrected chi connectivity index (χ1v) is 5.52. The third kappa shape index (κ3) is 2.82. The Bertz CT molecular complexity index is 507. The van der Waals surface area contributed by atoms with Crippen molar-refractivity contribution in [3.63, 3.8) is 0 Å². The van der Waals surface area contributed by atoms with E-state index in [4.69, 9.17) is 0 Å². The summed E-state index contributed by atoms with van der Waals surface area (Å²) in [4.78, 5) is 4.28. The Kier molecular flexibility index (Phi) is 3.39. The van der Waals surface area contributed by atoms with Crippen LogP contribution in [-0.4, -0.2) is 20.3 Å². The van der Waals surface area contributed by atoms with Crippen LogP contribution in [0.4, 0.5) is 0 Å². The van der Waals surface area contributed by atoms with Crippen molar-refractivity contribution in [1.29, 1.82) is 0 Å². The van der Waals surface area contributed by atoms with Crippen molar-refractivity contribution >= 4 is 0 Å². The first-order valence-electron chi connectivity index (χ1n) is 5.52. The monoisotopic (exact) mass is 232 g/mol. The number of rotatable bonds is 4. The SMILES string of the molecule is Cc1ccc(O)c(CNCc2cn[nH]c2C)n1. The minimum atomic E-state index is 0.229. The fourth-order valence-corrected chi connectivity index (χ4v) is 1.60. The molecule has 2 heterocycles. The molecule has 0 radical (unpaired) electrons. The Labute approximate surface area is 99.9 Å². The summed E-state index contributed by atoms with van der Waals surface area (Å²) in [5, 5.41) is 19.7. The third-order valence-corrected chi connectivity index (χ3v) is 2.63. The molecule has 5 nitrogen and oxygen atoms in total. The Morgan fingerprint density at radius 3 is 2.82 bits per heavy atom.